The van der Waals surface area contributed by atoms with E-state index in [4.69, 9.17) is 14.7 Å². The molecular formula is C20H27N5O3S. The molecule has 1 N–H and O–H groups in total. The van der Waals surface area contributed by atoms with E-state index in [9.17, 15) is 8.42 Å². The predicted molar refractivity (Wildman–Crippen MR) is 112 cm³/mol. The van der Waals surface area contributed by atoms with Gasteiger partial charge in [0.25, 0.3) is 0 Å². The Morgan fingerprint density at radius 3 is 2.48 bits per heavy atom. The van der Waals surface area contributed by atoms with Crippen molar-refractivity contribution in [1.29, 1.82) is 0 Å². The zero-order valence-electron chi connectivity index (χ0n) is 16.8. The molecule has 0 aliphatic carbocycles. The Balaban J connectivity index is 1.67. The Labute approximate surface area is 172 Å². The van der Waals surface area contributed by atoms with Gasteiger partial charge in [-0.1, -0.05) is 18.2 Å². The first-order valence-electron chi connectivity index (χ1n) is 9.99. The van der Waals surface area contributed by atoms with Crippen molar-refractivity contribution in [2.75, 3.05) is 43.1 Å². The number of sulfonamides is 1. The molecule has 4 rings (SSSR count). The number of nitrogens with zero attached hydrogens (tertiary/aromatic N) is 4. The van der Waals surface area contributed by atoms with Crippen LogP contribution in [0.5, 0.6) is 0 Å². The molecule has 2 aliphatic rings. The average Bonchev–Trinajstić information content (AvgIpc) is 2.74. The SMILES string of the molecule is CC(C)Nc1nc(N2CCOCC2)nc2c1CN(S(=O)(=O)c1ccccc1)CC2. The normalized spacial score (nSPS) is 18.0. The number of hydrogen-bond acceptors (Lipinski definition) is 7. The summed E-state index contributed by atoms with van der Waals surface area (Å²) in [6.45, 7) is 7.61. The number of ether oxygens (including phenoxy) is 1. The summed E-state index contributed by atoms with van der Waals surface area (Å²) in [5.41, 5.74) is 1.78. The summed E-state index contributed by atoms with van der Waals surface area (Å²) in [6, 6.07) is 8.75. The summed E-state index contributed by atoms with van der Waals surface area (Å²) in [5.74, 6) is 1.41. The Kier molecular flexibility index (Phi) is 5.71. The van der Waals surface area contributed by atoms with E-state index in [1.807, 2.05) is 19.9 Å². The van der Waals surface area contributed by atoms with E-state index in [0.29, 0.717) is 37.0 Å². The van der Waals surface area contributed by atoms with Crippen LogP contribution < -0.4 is 10.2 Å². The van der Waals surface area contributed by atoms with Crippen LogP contribution in [0.4, 0.5) is 11.8 Å². The zero-order chi connectivity index (χ0) is 20.4. The van der Waals surface area contributed by atoms with Crippen LogP contribution >= 0.6 is 0 Å². The fourth-order valence-electron chi connectivity index (χ4n) is 3.62. The molecule has 1 aromatic heterocycles. The van der Waals surface area contributed by atoms with E-state index >= 15 is 0 Å². The minimum Gasteiger partial charge on any atom is -0.378 e. The van der Waals surface area contributed by atoms with E-state index in [0.717, 1.165) is 30.2 Å². The molecule has 0 bridgehead atoms. The van der Waals surface area contributed by atoms with Gasteiger partial charge in [-0.15, -0.1) is 0 Å². The van der Waals surface area contributed by atoms with Crippen LogP contribution in [0.25, 0.3) is 0 Å². The standard InChI is InChI=1S/C20H27N5O3S/c1-15(2)21-19-17-14-25(29(26,27)16-6-4-3-5-7-16)9-8-18(17)22-20(23-19)24-10-12-28-13-11-24/h3-7,15H,8-14H2,1-2H3,(H,21,22,23). The van der Waals surface area contributed by atoms with E-state index in [1.165, 1.54) is 4.31 Å². The van der Waals surface area contributed by atoms with Gasteiger partial charge in [-0.3, -0.25) is 0 Å². The van der Waals surface area contributed by atoms with Crippen molar-refractivity contribution < 1.29 is 13.2 Å². The molecular weight excluding hydrogens is 390 g/mol. The first kappa shape index (κ1) is 20.1. The van der Waals surface area contributed by atoms with E-state index < -0.39 is 10.0 Å². The lowest BCUT2D eigenvalue weighted by molar-refractivity contribution is 0.122. The predicted octanol–water partition coefficient (Wildman–Crippen LogP) is 1.88. The van der Waals surface area contributed by atoms with Gasteiger partial charge in [-0.05, 0) is 26.0 Å². The molecule has 1 saturated heterocycles. The van der Waals surface area contributed by atoms with Crippen LogP contribution in [-0.4, -0.2) is 61.6 Å². The Morgan fingerprint density at radius 2 is 1.79 bits per heavy atom. The van der Waals surface area contributed by atoms with Gasteiger partial charge in [0.05, 0.1) is 23.8 Å². The van der Waals surface area contributed by atoms with Gasteiger partial charge in [-0.25, -0.2) is 13.4 Å². The van der Waals surface area contributed by atoms with Crippen LogP contribution in [0.3, 0.4) is 0 Å². The molecule has 1 aromatic carbocycles. The summed E-state index contributed by atoms with van der Waals surface area (Å²) >= 11 is 0. The smallest absolute Gasteiger partial charge is 0.243 e. The molecule has 8 nitrogen and oxygen atoms in total. The maximum absolute atomic E-state index is 13.1. The van der Waals surface area contributed by atoms with Gasteiger partial charge in [-0.2, -0.15) is 9.29 Å². The van der Waals surface area contributed by atoms with Gasteiger partial charge in [0, 0.05) is 44.2 Å². The van der Waals surface area contributed by atoms with Gasteiger partial charge in [0.15, 0.2) is 0 Å². The number of fused-ring (bicyclic) bond motifs is 1. The monoisotopic (exact) mass is 417 g/mol. The minimum atomic E-state index is -3.56. The van der Waals surface area contributed by atoms with Crippen molar-refractivity contribution in [3.8, 4) is 0 Å². The van der Waals surface area contributed by atoms with Gasteiger partial charge in [0.2, 0.25) is 16.0 Å². The second-order valence-corrected chi connectivity index (χ2v) is 9.54. The van der Waals surface area contributed by atoms with Crippen molar-refractivity contribution in [2.24, 2.45) is 0 Å². The van der Waals surface area contributed by atoms with E-state index in [-0.39, 0.29) is 12.6 Å². The lowest BCUT2D eigenvalue weighted by Gasteiger charge is -2.32. The van der Waals surface area contributed by atoms with Crippen LogP contribution in [0, 0.1) is 0 Å². The van der Waals surface area contributed by atoms with Crippen LogP contribution in [0.2, 0.25) is 0 Å². The van der Waals surface area contributed by atoms with Crippen molar-refractivity contribution >= 4 is 21.8 Å². The summed E-state index contributed by atoms with van der Waals surface area (Å²) in [6.07, 6.45) is 0.564. The first-order valence-corrected chi connectivity index (χ1v) is 11.4. The van der Waals surface area contributed by atoms with Crippen molar-refractivity contribution in [3.63, 3.8) is 0 Å². The molecule has 0 radical (unpaired) electrons. The van der Waals surface area contributed by atoms with E-state index in [2.05, 4.69) is 10.2 Å². The lowest BCUT2D eigenvalue weighted by Crippen LogP contribution is -2.40. The van der Waals surface area contributed by atoms with Gasteiger partial charge < -0.3 is 15.0 Å². The Bertz CT molecular complexity index is 960. The number of anilines is 2. The van der Waals surface area contributed by atoms with Gasteiger partial charge in [0.1, 0.15) is 5.82 Å². The summed E-state index contributed by atoms with van der Waals surface area (Å²) in [7, 11) is -3.56. The molecule has 0 unspecified atom stereocenters. The highest BCUT2D eigenvalue weighted by Gasteiger charge is 2.32. The molecule has 3 heterocycles. The highest BCUT2D eigenvalue weighted by Crippen LogP contribution is 2.30. The highest BCUT2D eigenvalue weighted by molar-refractivity contribution is 7.89. The summed E-state index contributed by atoms with van der Waals surface area (Å²) < 4.78 is 33.1. The van der Waals surface area contributed by atoms with E-state index in [1.54, 1.807) is 24.3 Å². The topological polar surface area (TPSA) is 87.7 Å². The molecule has 0 amide bonds. The fraction of sp³-hybridized carbons (Fsp3) is 0.500. The van der Waals surface area contributed by atoms with Crippen LogP contribution in [-0.2, 0) is 27.7 Å². The third-order valence-corrected chi connectivity index (χ3v) is 6.97. The summed E-state index contributed by atoms with van der Waals surface area (Å²) in [4.78, 5) is 12.0. The largest absolute Gasteiger partial charge is 0.378 e. The molecule has 1 fully saturated rings. The number of nitrogens with one attached hydrogen (secondary N) is 1. The number of hydrogen-bond donors (Lipinski definition) is 1. The van der Waals surface area contributed by atoms with Crippen LogP contribution in [0.15, 0.2) is 35.2 Å². The quantitative estimate of drug-likeness (QED) is 0.795. The molecule has 29 heavy (non-hydrogen) atoms. The molecule has 9 heteroatoms. The second-order valence-electron chi connectivity index (χ2n) is 7.60. The molecule has 156 valence electrons. The molecule has 0 atom stereocenters. The van der Waals surface area contributed by atoms with Crippen molar-refractivity contribution in [1.82, 2.24) is 14.3 Å². The number of aromatic nitrogens is 2. The summed E-state index contributed by atoms with van der Waals surface area (Å²) in [5, 5.41) is 3.39. The minimum absolute atomic E-state index is 0.174. The maximum atomic E-state index is 13.1. The maximum Gasteiger partial charge on any atom is 0.243 e. The van der Waals surface area contributed by atoms with Crippen molar-refractivity contribution in [2.45, 2.75) is 37.8 Å². The molecule has 0 saturated carbocycles. The fourth-order valence-corrected chi connectivity index (χ4v) is 5.05. The third-order valence-electron chi connectivity index (χ3n) is 5.11. The zero-order valence-corrected chi connectivity index (χ0v) is 17.7. The lowest BCUT2D eigenvalue weighted by atomic mass is 10.1. The first-order chi connectivity index (χ1) is 13.9. The Hall–Kier alpha value is -2.23. The number of benzene rings is 1. The highest BCUT2D eigenvalue weighted by atomic mass is 32.2. The number of rotatable bonds is 5. The van der Waals surface area contributed by atoms with Gasteiger partial charge >= 0.3 is 0 Å². The van der Waals surface area contributed by atoms with Crippen molar-refractivity contribution in [3.05, 3.63) is 41.6 Å². The number of morpholine rings is 1. The molecule has 2 aromatic rings. The third kappa shape index (κ3) is 4.22. The van der Waals surface area contributed by atoms with Crippen LogP contribution in [0.1, 0.15) is 25.1 Å². The Morgan fingerprint density at radius 1 is 1.07 bits per heavy atom. The average molecular weight is 418 g/mol. The molecule has 2 aliphatic heterocycles. The molecule has 0 spiro atoms. The second kappa shape index (κ2) is 8.25.